The Morgan fingerprint density at radius 2 is 2.09 bits per heavy atom. The molecule has 1 N–H and O–H groups in total. The van der Waals surface area contributed by atoms with Crippen molar-refractivity contribution in [2.24, 2.45) is 11.8 Å². The lowest BCUT2D eigenvalue weighted by Gasteiger charge is -2.31. The molecular formula is C18H22N2O3. The zero-order valence-electron chi connectivity index (χ0n) is 13.2. The quantitative estimate of drug-likeness (QED) is 0.920. The second-order valence-electron chi connectivity index (χ2n) is 7.11. The summed E-state index contributed by atoms with van der Waals surface area (Å²) in [6.45, 7) is 2.65. The monoisotopic (exact) mass is 314 g/mol. The lowest BCUT2D eigenvalue weighted by Crippen LogP contribution is -2.40. The van der Waals surface area contributed by atoms with Gasteiger partial charge in [0.2, 0.25) is 11.8 Å². The number of amides is 2. The first-order chi connectivity index (χ1) is 11.1. The summed E-state index contributed by atoms with van der Waals surface area (Å²) in [5.74, 6) is 0.929. The lowest BCUT2D eigenvalue weighted by atomic mass is 9.97. The molecule has 5 nitrogen and oxygen atoms in total. The van der Waals surface area contributed by atoms with Crippen molar-refractivity contribution in [2.45, 2.75) is 32.2 Å². The van der Waals surface area contributed by atoms with Gasteiger partial charge in [-0.1, -0.05) is 6.07 Å². The SMILES string of the molecule is O=C1C[C@H](C(=O)N2CCc3ccc(O)cc3C2)CN1CC1CC1. The topological polar surface area (TPSA) is 60.9 Å². The van der Waals surface area contributed by atoms with Crippen molar-refractivity contribution in [1.29, 1.82) is 0 Å². The Labute approximate surface area is 135 Å². The van der Waals surface area contributed by atoms with Gasteiger partial charge in [0.1, 0.15) is 5.75 Å². The van der Waals surface area contributed by atoms with Gasteiger partial charge >= 0.3 is 0 Å². The zero-order chi connectivity index (χ0) is 16.0. The van der Waals surface area contributed by atoms with Crippen LogP contribution in [0, 0.1) is 11.8 Å². The van der Waals surface area contributed by atoms with Crippen LogP contribution in [-0.4, -0.2) is 46.4 Å². The average molecular weight is 314 g/mol. The van der Waals surface area contributed by atoms with E-state index in [4.69, 9.17) is 0 Å². The molecule has 1 aliphatic carbocycles. The summed E-state index contributed by atoms with van der Waals surface area (Å²) in [4.78, 5) is 28.6. The molecule has 0 radical (unpaired) electrons. The number of rotatable bonds is 3. The van der Waals surface area contributed by atoms with Gasteiger partial charge in [-0.15, -0.1) is 0 Å². The number of carbonyl (C=O) groups excluding carboxylic acids is 2. The number of phenolic OH excluding ortho intramolecular Hbond substituents is 1. The number of benzene rings is 1. The molecule has 0 unspecified atom stereocenters. The van der Waals surface area contributed by atoms with Gasteiger partial charge < -0.3 is 14.9 Å². The Balaban J connectivity index is 1.42. The summed E-state index contributed by atoms with van der Waals surface area (Å²) in [7, 11) is 0. The van der Waals surface area contributed by atoms with Crippen LogP contribution in [0.3, 0.4) is 0 Å². The van der Waals surface area contributed by atoms with Crippen molar-refractivity contribution in [3.63, 3.8) is 0 Å². The van der Waals surface area contributed by atoms with Crippen LogP contribution in [0.15, 0.2) is 18.2 Å². The van der Waals surface area contributed by atoms with Gasteiger partial charge in [-0.3, -0.25) is 9.59 Å². The molecule has 5 heteroatoms. The molecule has 2 fully saturated rings. The number of likely N-dealkylation sites (tertiary alicyclic amines) is 1. The average Bonchev–Trinajstić information content (AvgIpc) is 3.28. The molecule has 3 aliphatic rings. The first-order valence-corrected chi connectivity index (χ1v) is 8.47. The van der Waals surface area contributed by atoms with Gasteiger partial charge in [0, 0.05) is 32.6 Å². The first-order valence-electron chi connectivity index (χ1n) is 8.47. The molecule has 122 valence electrons. The van der Waals surface area contributed by atoms with Crippen LogP contribution in [0.2, 0.25) is 0 Å². The van der Waals surface area contributed by atoms with E-state index in [1.807, 2.05) is 15.9 Å². The standard InChI is InChI=1S/C18H22N2O3/c21-16-4-3-13-5-6-19(10-14(13)7-16)18(23)15-8-17(22)20(11-15)9-12-1-2-12/h3-4,7,12,15,21H,1-2,5-6,8-11H2/t15-/m0/s1. The van der Waals surface area contributed by atoms with Crippen LogP contribution in [0.5, 0.6) is 5.75 Å². The number of nitrogens with zero attached hydrogens (tertiary/aromatic N) is 2. The van der Waals surface area contributed by atoms with E-state index in [0.29, 0.717) is 32.0 Å². The summed E-state index contributed by atoms with van der Waals surface area (Å²) in [6.07, 6.45) is 3.60. The van der Waals surface area contributed by atoms with Crippen molar-refractivity contribution >= 4 is 11.8 Å². The number of fused-ring (bicyclic) bond motifs is 1. The van der Waals surface area contributed by atoms with E-state index in [2.05, 4.69) is 0 Å². The Morgan fingerprint density at radius 3 is 2.87 bits per heavy atom. The number of hydrogen-bond donors (Lipinski definition) is 1. The molecule has 4 rings (SSSR count). The Kier molecular flexibility index (Phi) is 3.51. The van der Waals surface area contributed by atoms with Crippen LogP contribution >= 0.6 is 0 Å². The van der Waals surface area contributed by atoms with Crippen molar-refractivity contribution in [1.82, 2.24) is 9.80 Å². The fraction of sp³-hybridized carbons (Fsp3) is 0.556. The molecule has 0 spiro atoms. The van der Waals surface area contributed by atoms with Gasteiger partial charge in [-0.2, -0.15) is 0 Å². The number of aromatic hydroxyl groups is 1. The van der Waals surface area contributed by atoms with Crippen molar-refractivity contribution < 1.29 is 14.7 Å². The molecule has 1 atom stereocenters. The predicted molar refractivity (Wildman–Crippen MR) is 84.6 cm³/mol. The van der Waals surface area contributed by atoms with Gasteiger partial charge in [0.25, 0.3) is 0 Å². The van der Waals surface area contributed by atoms with Crippen LogP contribution in [-0.2, 0) is 22.6 Å². The Hall–Kier alpha value is -2.04. The van der Waals surface area contributed by atoms with E-state index in [1.54, 1.807) is 12.1 Å². The molecule has 2 amide bonds. The summed E-state index contributed by atoms with van der Waals surface area (Å²) in [5, 5.41) is 9.63. The molecule has 2 heterocycles. The van der Waals surface area contributed by atoms with Crippen LogP contribution in [0.1, 0.15) is 30.4 Å². The maximum atomic E-state index is 12.8. The van der Waals surface area contributed by atoms with Crippen LogP contribution in [0.25, 0.3) is 0 Å². The minimum atomic E-state index is -0.194. The molecule has 23 heavy (non-hydrogen) atoms. The maximum absolute atomic E-state index is 12.8. The molecule has 1 saturated carbocycles. The summed E-state index contributed by atoms with van der Waals surface area (Å²) in [5.41, 5.74) is 2.22. The van der Waals surface area contributed by atoms with E-state index in [1.165, 1.54) is 18.4 Å². The van der Waals surface area contributed by atoms with Gasteiger partial charge in [0.15, 0.2) is 0 Å². The van der Waals surface area contributed by atoms with Crippen molar-refractivity contribution in [3.05, 3.63) is 29.3 Å². The van der Waals surface area contributed by atoms with Gasteiger partial charge in [-0.05, 0) is 48.4 Å². The molecule has 0 aromatic heterocycles. The highest BCUT2D eigenvalue weighted by molar-refractivity contribution is 5.89. The fourth-order valence-electron chi connectivity index (χ4n) is 3.72. The highest BCUT2D eigenvalue weighted by atomic mass is 16.3. The minimum Gasteiger partial charge on any atom is -0.508 e. The van der Waals surface area contributed by atoms with E-state index < -0.39 is 0 Å². The minimum absolute atomic E-state index is 0.0886. The number of hydrogen-bond acceptors (Lipinski definition) is 3. The normalized spacial score (nSPS) is 24.0. The summed E-state index contributed by atoms with van der Waals surface area (Å²) < 4.78 is 0. The molecule has 2 aliphatic heterocycles. The predicted octanol–water partition coefficient (Wildman–Crippen LogP) is 1.54. The second-order valence-corrected chi connectivity index (χ2v) is 7.11. The fourth-order valence-corrected chi connectivity index (χ4v) is 3.72. The molecule has 1 aromatic rings. The first kappa shape index (κ1) is 14.5. The third-order valence-corrected chi connectivity index (χ3v) is 5.25. The van der Waals surface area contributed by atoms with Crippen molar-refractivity contribution in [2.75, 3.05) is 19.6 Å². The van der Waals surface area contributed by atoms with Gasteiger partial charge in [0.05, 0.1) is 5.92 Å². The number of phenols is 1. The highest BCUT2D eigenvalue weighted by Gasteiger charge is 2.39. The van der Waals surface area contributed by atoms with E-state index in [0.717, 1.165) is 18.5 Å². The van der Waals surface area contributed by atoms with Crippen LogP contribution in [0.4, 0.5) is 0 Å². The molecule has 0 bridgehead atoms. The Bertz CT molecular complexity index is 654. The van der Waals surface area contributed by atoms with E-state index >= 15 is 0 Å². The third-order valence-electron chi connectivity index (χ3n) is 5.25. The Morgan fingerprint density at radius 1 is 1.26 bits per heavy atom. The summed E-state index contributed by atoms with van der Waals surface area (Å²) >= 11 is 0. The van der Waals surface area contributed by atoms with E-state index in [-0.39, 0.29) is 23.5 Å². The maximum Gasteiger partial charge on any atom is 0.228 e. The third kappa shape index (κ3) is 2.92. The second kappa shape index (κ2) is 5.55. The highest BCUT2D eigenvalue weighted by Crippen LogP contribution is 2.33. The van der Waals surface area contributed by atoms with Crippen molar-refractivity contribution in [3.8, 4) is 5.75 Å². The van der Waals surface area contributed by atoms with Gasteiger partial charge in [-0.25, -0.2) is 0 Å². The molecular weight excluding hydrogens is 292 g/mol. The molecule has 1 aromatic carbocycles. The lowest BCUT2D eigenvalue weighted by molar-refractivity contribution is -0.136. The van der Waals surface area contributed by atoms with Crippen LogP contribution < -0.4 is 0 Å². The smallest absolute Gasteiger partial charge is 0.228 e. The molecule has 1 saturated heterocycles. The largest absolute Gasteiger partial charge is 0.508 e. The number of carbonyl (C=O) groups is 2. The summed E-state index contributed by atoms with van der Waals surface area (Å²) in [6, 6.07) is 5.37. The zero-order valence-corrected chi connectivity index (χ0v) is 13.2. The van der Waals surface area contributed by atoms with E-state index in [9.17, 15) is 14.7 Å².